The lowest BCUT2D eigenvalue weighted by Gasteiger charge is -2.08. The first-order valence-corrected chi connectivity index (χ1v) is 6.90. The maximum atomic E-state index is 11.4. The molecule has 0 unspecified atom stereocenters. The van der Waals surface area contributed by atoms with E-state index in [-0.39, 0.29) is 5.56 Å². The number of aromatic amines is 1. The van der Waals surface area contributed by atoms with Gasteiger partial charge in [0, 0.05) is 23.2 Å². The summed E-state index contributed by atoms with van der Waals surface area (Å²) in [4.78, 5) is 19.6. The van der Waals surface area contributed by atoms with Gasteiger partial charge in [0.15, 0.2) is 5.16 Å². The molecule has 1 heterocycles. The van der Waals surface area contributed by atoms with E-state index in [0.717, 1.165) is 17.1 Å². The minimum atomic E-state index is -0.112. The summed E-state index contributed by atoms with van der Waals surface area (Å²) < 4.78 is 0. The molecule has 0 aliphatic carbocycles. The number of benzene rings is 1. The molecule has 5 heteroatoms. The first-order valence-electron chi connectivity index (χ1n) is 6.08. The number of H-pyrrole nitrogens is 1. The van der Waals surface area contributed by atoms with Crippen molar-refractivity contribution < 1.29 is 0 Å². The average Bonchev–Trinajstić information content (AvgIpc) is 2.32. The lowest BCUT2D eigenvalue weighted by molar-refractivity contribution is 0.815. The van der Waals surface area contributed by atoms with Crippen molar-refractivity contribution in [3.05, 3.63) is 51.4 Å². The second kappa shape index (κ2) is 6.04. The largest absolute Gasteiger partial charge is 0.316 e. The molecular weight excluding hydrogens is 258 g/mol. The predicted octanol–water partition coefficient (Wildman–Crippen LogP) is 2.26. The second-order valence-corrected chi connectivity index (χ2v) is 5.45. The highest BCUT2D eigenvalue weighted by atomic mass is 32.2. The molecule has 2 aromatic rings. The van der Waals surface area contributed by atoms with Crippen molar-refractivity contribution >= 4 is 11.8 Å². The third-order valence-corrected chi connectivity index (χ3v) is 3.74. The van der Waals surface area contributed by atoms with Crippen molar-refractivity contribution in [1.82, 2.24) is 15.3 Å². The Morgan fingerprint density at radius 2 is 2.11 bits per heavy atom. The molecule has 0 amide bonds. The monoisotopic (exact) mass is 275 g/mol. The molecule has 4 nitrogen and oxygen atoms in total. The summed E-state index contributed by atoms with van der Waals surface area (Å²) in [6.07, 6.45) is 0. The minimum absolute atomic E-state index is 0.112. The lowest BCUT2D eigenvalue weighted by Crippen LogP contribution is -2.08. The summed E-state index contributed by atoms with van der Waals surface area (Å²) in [7, 11) is 1.93. The van der Waals surface area contributed by atoms with Crippen LogP contribution in [0.15, 0.2) is 39.1 Å². The number of hydrogen-bond acceptors (Lipinski definition) is 4. The Hall–Kier alpha value is -1.59. The first-order chi connectivity index (χ1) is 9.08. The highest BCUT2D eigenvalue weighted by molar-refractivity contribution is 7.99. The number of nitrogens with zero attached hydrogens (tertiary/aromatic N) is 1. The molecule has 1 aromatic carbocycles. The van der Waals surface area contributed by atoms with Crippen molar-refractivity contribution in [2.45, 2.75) is 30.4 Å². The molecule has 0 atom stereocenters. The normalized spacial score (nSPS) is 10.7. The van der Waals surface area contributed by atoms with E-state index in [1.807, 2.05) is 14.0 Å². The van der Waals surface area contributed by atoms with E-state index >= 15 is 0 Å². The van der Waals surface area contributed by atoms with Crippen molar-refractivity contribution in [2.24, 2.45) is 0 Å². The van der Waals surface area contributed by atoms with Gasteiger partial charge in [-0.3, -0.25) is 4.79 Å². The fraction of sp³-hybridized carbons (Fsp3) is 0.286. The summed E-state index contributed by atoms with van der Waals surface area (Å²) in [6.45, 7) is 4.74. The van der Waals surface area contributed by atoms with Gasteiger partial charge in [-0.2, -0.15) is 0 Å². The van der Waals surface area contributed by atoms with E-state index in [9.17, 15) is 4.79 Å². The second-order valence-electron chi connectivity index (χ2n) is 4.42. The predicted molar refractivity (Wildman–Crippen MR) is 77.7 cm³/mol. The molecule has 1 aromatic heterocycles. The van der Waals surface area contributed by atoms with Crippen molar-refractivity contribution in [1.29, 1.82) is 0 Å². The molecule has 0 aliphatic rings. The quantitative estimate of drug-likeness (QED) is 0.840. The number of hydrogen-bond donors (Lipinski definition) is 2. The summed E-state index contributed by atoms with van der Waals surface area (Å²) in [5, 5.41) is 3.76. The third-order valence-electron chi connectivity index (χ3n) is 2.67. The first kappa shape index (κ1) is 13.8. The molecule has 0 bridgehead atoms. The summed E-state index contributed by atoms with van der Waals surface area (Å²) in [5.74, 6) is 0. The summed E-state index contributed by atoms with van der Waals surface area (Å²) in [6, 6.07) is 7.79. The fourth-order valence-corrected chi connectivity index (χ4v) is 2.75. The Morgan fingerprint density at radius 3 is 2.74 bits per heavy atom. The third kappa shape index (κ3) is 3.68. The molecule has 0 saturated carbocycles. The van der Waals surface area contributed by atoms with Crippen LogP contribution in [-0.4, -0.2) is 17.0 Å². The van der Waals surface area contributed by atoms with E-state index in [1.165, 1.54) is 29.0 Å². The average molecular weight is 275 g/mol. The molecule has 0 saturated heterocycles. The number of rotatable bonds is 4. The van der Waals surface area contributed by atoms with Gasteiger partial charge in [-0.1, -0.05) is 23.9 Å². The van der Waals surface area contributed by atoms with E-state index in [0.29, 0.717) is 5.16 Å². The number of nitrogens with one attached hydrogen (secondary N) is 2. The summed E-state index contributed by atoms with van der Waals surface area (Å²) >= 11 is 1.48. The molecule has 100 valence electrons. The van der Waals surface area contributed by atoms with Gasteiger partial charge in [-0.05, 0) is 38.1 Å². The summed E-state index contributed by atoms with van der Waals surface area (Å²) in [5.41, 5.74) is 3.05. The maximum Gasteiger partial charge on any atom is 0.251 e. The van der Waals surface area contributed by atoms with Crippen LogP contribution in [-0.2, 0) is 6.54 Å². The Labute approximate surface area is 116 Å². The molecule has 2 N–H and O–H groups in total. The standard InChI is InChI=1S/C14H17N3OS/c1-9-6-11(8-15-3)4-5-12(9)19-14-16-10(2)7-13(18)17-14/h4-7,15H,8H2,1-3H3,(H,16,17,18). The molecule has 0 radical (unpaired) electrons. The van der Waals surface area contributed by atoms with Crippen LogP contribution in [0.1, 0.15) is 16.8 Å². The number of aromatic nitrogens is 2. The van der Waals surface area contributed by atoms with E-state index in [1.54, 1.807) is 0 Å². The molecular formula is C14H17N3OS. The Balaban J connectivity index is 2.25. The highest BCUT2D eigenvalue weighted by Crippen LogP contribution is 2.27. The van der Waals surface area contributed by atoms with Gasteiger partial charge in [-0.15, -0.1) is 0 Å². The van der Waals surface area contributed by atoms with Gasteiger partial charge in [0.2, 0.25) is 0 Å². The van der Waals surface area contributed by atoms with Crippen LogP contribution in [0.5, 0.6) is 0 Å². The highest BCUT2D eigenvalue weighted by Gasteiger charge is 2.05. The zero-order chi connectivity index (χ0) is 13.8. The molecule has 2 rings (SSSR count). The maximum absolute atomic E-state index is 11.4. The van der Waals surface area contributed by atoms with Crippen LogP contribution in [0.2, 0.25) is 0 Å². The zero-order valence-electron chi connectivity index (χ0n) is 11.3. The van der Waals surface area contributed by atoms with E-state index in [2.05, 4.69) is 40.4 Å². The van der Waals surface area contributed by atoms with E-state index < -0.39 is 0 Å². The molecule has 19 heavy (non-hydrogen) atoms. The Kier molecular flexibility index (Phi) is 4.39. The van der Waals surface area contributed by atoms with Crippen LogP contribution >= 0.6 is 11.8 Å². The van der Waals surface area contributed by atoms with Crippen molar-refractivity contribution in [2.75, 3.05) is 7.05 Å². The van der Waals surface area contributed by atoms with Crippen LogP contribution in [0, 0.1) is 13.8 Å². The van der Waals surface area contributed by atoms with Gasteiger partial charge in [0.25, 0.3) is 5.56 Å². The van der Waals surface area contributed by atoms with Gasteiger partial charge in [-0.25, -0.2) is 4.98 Å². The Morgan fingerprint density at radius 1 is 1.32 bits per heavy atom. The van der Waals surface area contributed by atoms with Crippen molar-refractivity contribution in [3.63, 3.8) is 0 Å². The minimum Gasteiger partial charge on any atom is -0.316 e. The van der Waals surface area contributed by atoms with Crippen molar-refractivity contribution in [3.8, 4) is 0 Å². The topological polar surface area (TPSA) is 57.8 Å². The van der Waals surface area contributed by atoms with Gasteiger partial charge >= 0.3 is 0 Å². The van der Waals surface area contributed by atoms with Gasteiger partial charge in [0.05, 0.1) is 0 Å². The van der Waals surface area contributed by atoms with Crippen LogP contribution < -0.4 is 10.9 Å². The fourth-order valence-electron chi connectivity index (χ4n) is 1.84. The Bertz CT molecular complexity index is 637. The lowest BCUT2D eigenvalue weighted by atomic mass is 10.1. The zero-order valence-corrected chi connectivity index (χ0v) is 12.1. The number of aryl methyl sites for hydroxylation is 2. The molecule has 0 spiro atoms. The van der Waals surface area contributed by atoms with E-state index in [4.69, 9.17) is 0 Å². The molecule has 0 fully saturated rings. The van der Waals surface area contributed by atoms with Crippen LogP contribution in [0.4, 0.5) is 0 Å². The SMILES string of the molecule is CNCc1ccc(Sc2nc(C)cc(=O)[nH]2)c(C)c1. The van der Waals surface area contributed by atoms with Gasteiger partial charge < -0.3 is 10.3 Å². The van der Waals surface area contributed by atoms with Crippen LogP contribution in [0.3, 0.4) is 0 Å². The molecule has 0 aliphatic heterocycles. The van der Waals surface area contributed by atoms with Gasteiger partial charge in [0.1, 0.15) is 0 Å². The smallest absolute Gasteiger partial charge is 0.251 e. The van der Waals surface area contributed by atoms with Crippen LogP contribution in [0.25, 0.3) is 0 Å².